The minimum absolute atomic E-state index is 0.0197. The SMILES string of the molecule is O=S(=O)(O)c1cc(S(=O)(=O)O)c2c(S(=O)(=O)O)cc(S(=O)(=O)O)c(S(=O)(=O)O)c2c1. The lowest BCUT2D eigenvalue weighted by atomic mass is 10.1. The summed E-state index contributed by atoms with van der Waals surface area (Å²) in [5.74, 6) is 0. The zero-order valence-electron chi connectivity index (χ0n) is 13.6. The van der Waals surface area contributed by atoms with Crippen LogP contribution in [0.15, 0.2) is 42.7 Å². The summed E-state index contributed by atoms with van der Waals surface area (Å²) in [6.45, 7) is 0. The van der Waals surface area contributed by atoms with Crippen LogP contribution in [0, 0.1) is 0 Å². The molecule has 0 aliphatic carbocycles. The van der Waals surface area contributed by atoms with Gasteiger partial charge in [-0.05, 0) is 18.2 Å². The van der Waals surface area contributed by atoms with E-state index in [4.69, 9.17) is 4.55 Å². The van der Waals surface area contributed by atoms with Crippen LogP contribution in [0.1, 0.15) is 0 Å². The zero-order chi connectivity index (χ0) is 23.7. The monoisotopic (exact) mass is 528 g/mol. The Kier molecular flexibility index (Phi) is 5.62. The maximum Gasteiger partial charge on any atom is 0.296 e. The van der Waals surface area contributed by atoms with E-state index in [0.717, 1.165) is 0 Å². The molecule has 0 aliphatic heterocycles. The molecule has 2 rings (SSSR count). The first-order valence-electron chi connectivity index (χ1n) is 6.58. The molecular weight excluding hydrogens is 520 g/mol. The minimum atomic E-state index is -5.80. The quantitative estimate of drug-likeness (QED) is 0.293. The third-order valence-electron chi connectivity index (χ3n) is 3.44. The standard InChI is InChI=1S/C10H8O15S5/c11-26(12,13)4-1-5-9(6(2-4)27(14,15)16)7(28(17,18)19)3-8(29(20,21)22)10(5)30(23,24)25/h1-3H,(H,11,12,13)(H,14,15,16)(H,17,18,19)(H,20,21,22)(H,23,24,25). The van der Waals surface area contributed by atoms with Gasteiger partial charge in [-0.15, -0.1) is 0 Å². The maximum atomic E-state index is 11.7. The third-order valence-corrected chi connectivity index (χ3v) is 7.99. The summed E-state index contributed by atoms with van der Waals surface area (Å²) in [5, 5.41) is -3.00. The van der Waals surface area contributed by atoms with Crippen LogP contribution in [0.25, 0.3) is 10.8 Å². The molecule has 20 heteroatoms. The molecule has 0 atom stereocenters. The highest BCUT2D eigenvalue weighted by atomic mass is 32.2. The van der Waals surface area contributed by atoms with Crippen molar-refractivity contribution in [1.82, 2.24) is 0 Å². The van der Waals surface area contributed by atoms with Gasteiger partial charge in [0.05, 0.1) is 4.90 Å². The van der Waals surface area contributed by atoms with Crippen LogP contribution in [0.2, 0.25) is 0 Å². The molecule has 0 aliphatic rings. The van der Waals surface area contributed by atoms with E-state index in [1.807, 2.05) is 0 Å². The van der Waals surface area contributed by atoms with Crippen LogP contribution in [0.3, 0.4) is 0 Å². The molecule has 2 aromatic rings. The fourth-order valence-corrected chi connectivity index (χ4v) is 6.67. The topological polar surface area (TPSA) is 272 Å². The van der Waals surface area contributed by atoms with Gasteiger partial charge in [-0.1, -0.05) is 0 Å². The van der Waals surface area contributed by atoms with Crippen LogP contribution < -0.4 is 0 Å². The Morgan fingerprint density at radius 3 is 1.20 bits per heavy atom. The van der Waals surface area contributed by atoms with Crippen molar-refractivity contribution in [3.05, 3.63) is 18.2 Å². The largest absolute Gasteiger partial charge is 0.296 e. The van der Waals surface area contributed by atoms with Crippen molar-refractivity contribution >= 4 is 61.4 Å². The first kappa shape index (κ1) is 24.5. The second-order valence-corrected chi connectivity index (χ2v) is 12.4. The Morgan fingerprint density at radius 1 is 0.467 bits per heavy atom. The second kappa shape index (κ2) is 6.88. The number of fused-ring (bicyclic) bond motifs is 1. The molecule has 0 spiro atoms. The van der Waals surface area contributed by atoms with E-state index >= 15 is 0 Å². The van der Waals surface area contributed by atoms with Gasteiger partial charge in [-0.3, -0.25) is 22.8 Å². The van der Waals surface area contributed by atoms with Crippen molar-refractivity contribution in [3.8, 4) is 0 Å². The summed E-state index contributed by atoms with van der Waals surface area (Å²) < 4.78 is 163. The molecule has 0 saturated carbocycles. The molecule has 0 amide bonds. The molecule has 30 heavy (non-hydrogen) atoms. The molecule has 0 bridgehead atoms. The van der Waals surface area contributed by atoms with Crippen LogP contribution in [0.4, 0.5) is 0 Å². The lowest BCUT2D eigenvalue weighted by Gasteiger charge is -2.15. The highest BCUT2D eigenvalue weighted by Crippen LogP contribution is 2.39. The molecular formula is C10H8O15S5. The lowest BCUT2D eigenvalue weighted by Crippen LogP contribution is -2.14. The molecule has 15 nitrogen and oxygen atoms in total. The summed E-state index contributed by atoms with van der Waals surface area (Å²) in [5.41, 5.74) is 0. The van der Waals surface area contributed by atoms with Gasteiger partial charge in [0, 0.05) is 10.8 Å². The summed E-state index contributed by atoms with van der Waals surface area (Å²) in [6.07, 6.45) is 0. The minimum Gasteiger partial charge on any atom is -0.282 e. The summed E-state index contributed by atoms with van der Waals surface area (Å²) in [4.78, 5) is -8.75. The molecule has 0 unspecified atom stereocenters. The molecule has 0 fully saturated rings. The molecule has 0 heterocycles. The van der Waals surface area contributed by atoms with Crippen LogP contribution >= 0.6 is 0 Å². The Balaban J connectivity index is 3.62. The number of rotatable bonds is 5. The highest BCUT2D eigenvalue weighted by molar-refractivity contribution is 7.89. The highest BCUT2D eigenvalue weighted by Gasteiger charge is 2.35. The van der Waals surface area contributed by atoms with Crippen molar-refractivity contribution in [3.63, 3.8) is 0 Å². The van der Waals surface area contributed by atoms with E-state index in [1.54, 1.807) is 0 Å². The van der Waals surface area contributed by atoms with Crippen LogP contribution in [0.5, 0.6) is 0 Å². The summed E-state index contributed by atoms with van der Waals surface area (Å²) >= 11 is 0. The molecule has 0 aromatic heterocycles. The zero-order valence-corrected chi connectivity index (χ0v) is 17.7. The van der Waals surface area contributed by atoms with E-state index < -0.39 is 85.8 Å². The Labute approximate surface area is 168 Å². The van der Waals surface area contributed by atoms with Gasteiger partial charge in [-0.2, -0.15) is 42.1 Å². The fourth-order valence-electron chi connectivity index (χ4n) is 2.43. The summed E-state index contributed by atoms with van der Waals surface area (Å²) in [7, 11) is -28.2. The van der Waals surface area contributed by atoms with E-state index in [0.29, 0.717) is 0 Å². The van der Waals surface area contributed by atoms with E-state index in [2.05, 4.69) is 0 Å². The van der Waals surface area contributed by atoms with Gasteiger partial charge < -0.3 is 0 Å². The number of benzene rings is 2. The van der Waals surface area contributed by atoms with Crippen molar-refractivity contribution in [1.29, 1.82) is 0 Å². The van der Waals surface area contributed by atoms with E-state index in [9.17, 15) is 60.3 Å². The third kappa shape index (κ3) is 4.61. The smallest absolute Gasteiger partial charge is 0.282 e. The van der Waals surface area contributed by atoms with E-state index in [1.165, 1.54) is 0 Å². The van der Waals surface area contributed by atoms with E-state index in [-0.39, 0.29) is 18.2 Å². The van der Waals surface area contributed by atoms with Crippen LogP contribution in [-0.4, -0.2) is 64.9 Å². The van der Waals surface area contributed by atoms with Gasteiger partial charge in [0.25, 0.3) is 50.6 Å². The van der Waals surface area contributed by atoms with Gasteiger partial charge >= 0.3 is 0 Å². The molecule has 168 valence electrons. The predicted molar refractivity (Wildman–Crippen MR) is 93.0 cm³/mol. The van der Waals surface area contributed by atoms with Crippen molar-refractivity contribution in [2.75, 3.05) is 0 Å². The van der Waals surface area contributed by atoms with Crippen molar-refractivity contribution in [2.45, 2.75) is 24.5 Å². The number of hydrogen-bond acceptors (Lipinski definition) is 10. The normalized spacial score (nSPS) is 14.2. The summed E-state index contributed by atoms with van der Waals surface area (Å²) in [6, 6.07) is -0.272. The molecule has 0 saturated heterocycles. The Morgan fingerprint density at radius 2 is 0.867 bits per heavy atom. The first-order valence-corrected chi connectivity index (χ1v) is 13.8. The number of hydrogen-bond donors (Lipinski definition) is 5. The average molecular weight is 528 g/mol. The second-order valence-electron chi connectivity index (χ2n) is 5.42. The first-order chi connectivity index (χ1) is 13.1. The molecule has 2 aromatic carbocycles. The van der Waals surface area contributed by atoms with Gasteiger partial charge in [0.1, 0.15) is 19.6 Å². The predicted octanol–water partition coefficient (Wildman–Crippen LogP) is -0.927. The van der Waals surface area contributed by atoms with Crippen molar-refractivity contribution < 1.29 is 64.9 Å². The van der Waals surface area contributed by atoms with Crippen molar-refractivity contribution in [2.24, 2.45) is 0 Å². The lowest BCUT2D eigenvalue weighted by molar-refractivity contribution is 0.466. The average Bonchev–Trinajstić information content (AvgIpc) is 2.47. The Hall–Kier alpha value is -1.75. The maximum absolute atomic E-state index is 11.7. The van der Waals surface area contributed by atoms with Crippen LogP contribution in [-0.2, 0) is 50.6 Å². The van der Waals surface area contributed by atoms with Gasteiger partial charge in [0.15, 0.2) is 0 Å². The molecule has 5 N–H and O–H groups in total. The van der Waals surface area contributed by atoms with Gasteiger partial charge in [0.2, 0.25) is 0 Å². The Bertz CT molecular complexity index is 1590. The van der Waals surface area contributed by atoms with Gasteiger partial charge in [-0.25, -0.2) is 0 Å². The fraction of sp³-hybridized carbons (Fsp3) is 0. The molecule has 0 radical (unpaired) electrons.